The van der Waals surface area contributed by atoms with Crippen molar-refractivity contribution in [2.75, 3.05) is 14.2 Å². The third-order valence-corrected chi connectivity index (χ3v) is 4.63. The van der Waals surface area contributed by atoms with Gasteiger partial charge >= 0.3 is 0 Å². The van der Waals surface area contributed by atoms with Crippen LogP contribution in [0.25, 0.3) is 0 Å². The van der Waals surface area contributed by atoms with Gasteiger partial charge in [-0.25, -0.2) is 0 Å². The maximum Gasteiger partial charge on any atom is 0.118 e. The van der Waals surface area contributed by atoms with Gasteiger partial charge in [0.05, 0.1) is 7.11 Å². The average molecular weight is 217 g/mol. The Morgan fingerprint density at radius 1 is 1.31 bits per heavy atom. The number of rotatable bonds is 3. The van der Waals surface area contributed by atoms with Gasteiger partial charge in [-0.15, -0.1) is 0 Å². The van der Waals surface area contributed by atoms with E-state index in [2.05, 4.69) is 36.6 Å². The molecule has 0 heterocycles. The van der Waals surface area contributed by atoms with Gasteiger partial charge in [-0.05, 0) is 49.9 Å². The maximum absolute atomic E-state index is 5.22. The highest BCUT2D eigenvalue weighted by molar-refractivity contribution is 5.39. The summed E-state index contributed by atoms with van der Waals surface area (Å²) in [6.45, 7) is 0. The number of benzene rings is 1. The Balaban J connectivity index is 1.91. The fourth-order valence-electron chi connectivity index (χ4n) is 3.85. The van der Waals surface area contributed by atoms with Gasteiger partial charge in [-0.2, -0.15) is 0 Å². The Hall–Kier alpha value is -1.02. The summed E-state index contributed by atoms with van der Waals surface area (Å²) >= 11 is 0. The Labute approximate surface area is 97.0 Å². The minimum Gasteiger partial charge on any atom is -0.497 e. The van der Waals surface area contributed by atoms with Crippen LogP contribution >= 0.6 is 0 Å². The zero-order valence-corrected chi connectivity index (χ0v) is 9.99. The largest absolute Gasteiger partial charge is 0.497 e. The quantitative estimate of drug-likeness (QED) is 0.839. The molecule has 3 saturated carbocycles. The van der Waals surface area contributed by atoms with Crippen molar-refractivity contribution >= 4 is 0 Å². The lowest BCUT2D eigenvalue weighted by atomic mass is 9.61. The Morgan fingerprint density at radius 2 is 2.06 bits per heavy atom. The van der Waals surface area contributed by atoms with Crippen LogP contribution in [0.1, 0.15) is 24.8 Å². The van der Waals surface area contributed by atoms with Crippen molar-refractivity contribution in [3.05, 3.63) is 29.8 Å². The molecule has 3 fully saturated rings. The second-order valence-corrected chi connectivity index (χ2v) is 5.15. The maximum atomic E-state index is 5.22. The van der Waals surface area contributed by atoms with Gasteiger partial charge in [0, 0.05) is 11.5 Å². The van der Waals surface area contributed by atoms with E-state index < -0.39 is 0 Å². The lowest BCUT2D eigenvalue weighted by molar-refractivity contribution is 0.157. The van der Waals surface area contributed by atoms with E-state index in [1.165, 1.54) is 24.8 Å². The van der Waals surface area contributed by atoms with Crippen molar-refractivity contribution in [2.24, 2.45) is 5.92 Å². The van der Waals surface area contributed by atoms with E-state index >= 15 is 0 Å². The standard InChI is InChI=1S/C14H19NO/c1-15-13-10-7-8-14(13,9-10)11-3-5-12(16-2)6-4-11/h3-6,10,13,15H,7-9H2,1-2H3. The van der Waals surface area contributed by atoms with Crippen LogP contribution in [0.3, 0.4) is 0 Å². The molecule has 3 unspecified atom stereocenters. The molecule has 3 aliphatic carbocycles. The summed E-state index contributed by atoms with van der Waals surface area (Å²) in [5.41, 5.74) is 1.91. The van der Waals surface area contributed by atoms with E-state index in [1.807, 2.05) is 0 Å². The third kappa shape index (κ3) is 1.17. The predicted molar refractivity (Wildman–Crippen MR) is 64.9 cm³/mol. The van der Waals surface area contributed by atoms with E-state index in [9.17, 15) is 0 Å². The molecular formula is C14H19NO. The number of hydrogen-bond acceptors (Lipinski definition) is 2. The van der Waals surface area contributed by atoms with Gasteiger partial charge in [0.2, 0.25) is 0 Å². The molecule has 1 N–H and O–H groups in total. The molecule has 16 heavy (non-hydrogen) atoms. The molecular weight excluding hydrogens is 198 g/mol. The molecule has 86 valence electrons. The Kier molecular flexibility index (Phi) is 2.21. The van der Waals surface area contributed by atoms with E-state index in [-0.39, 0.29) is 0 Å². The number of methoxy groups -OCH3 is 1. The fourth-order valence-corrected chi connectivity index (χ4v) is 3.85. The number of likely N-dealkylation sites (N-methyl/N-ethyl adjacent to an activating group) is 1. The molecule has 0 aliphatic heterocycles. The van der Waals surface area contributed by atoms with Gasteiger partial charge in [-0.3, -0.25) is 0 Å². The van der Waals surface area contributed by atoms with Crippen molar-refractivity contribution in [3.8, 4) is 5.75 Å². The summed E-state index contributed by atoms with van der Waals surface area (Å²) in [5, 5.41) is 3.50. The lowest BCUT2D eigenvalue weighted by Gasteiger charge is -2.48. The molecule has 0 amide bonds. The van der Waals surface area contributed by atoms with E-state index in [0.717, 1.165) is 11.7 Å². The number of nitrogens with one attached hydrogen (secondary N) is 1. The molecule has 3 aliphatic rings. The van der Waals surface area contributed by atoms with Crippen LogP contribution < -0.4 is 10.1 Å². The van der Waals surface area contributed by atoms with Crippen molar-refractivity contribution in [1.82, 2.24) is 5.32 Å². The molecule has 0 saturated heterocycles. The minimum absolute atomic E-state index is 0.422. The summed E-state index contributed by atoms with van der Waals surface area (Å²) in [6.07, 6.45) is 4.10. The van der Waals surface area contributed by atoms with Gasteiger partial charge < -0.3 is 10.1 Å². The second-order valence-electron chi connectivity index (χ2n) is 5.15. The van der Waals surface area contributed by atoms with Crippen molar-refractivity contribution in [3.63, 3.8) is 0 Å². The Morgan fingerprint density at radius 3 is 2.62 bits per heavy atom. The highest BCUT2D eigenvalue weighted by Gasteiger charge is 2.58. The summed E-state index contributed by atoms with van der Waals surface area (Å²) in [7, 11) is 3.82. The smallest absolute Gasteiger partial charge is 0.118 e. The van der Waals surface area contributed by atoms with Gasteiger partial charge in [0.1, 0.15) is 5.75 Å². The summed E-state index contributed by atoms with van der Waals surface area (Å²) in [5.74, 6) is 1.86. The first-order chi connectivity index (χ1) is 7.80. The van der Waals surface area contributed by atoms with Crippen molar-refractivity contribution in [1.29, 1.82) is 0 Å². The number of hydrogen-bond donors (Lipinski definition) is 1. The Bertz CT molecular complexity index is 382. The predicted octanol–water partition coefficient (Wildman–Crippen LogP) is 2.33. The van der Waals surface area contributed by atoms with Crippen LogP contribution in [0.2, 0.25) is 0 Å². The molecule has 2 nitrogen and oxygen atoms in total. The van der Waals surface area contributed by atoms with Gasteiger partial charge in [-0.1, -0.05) is 12.1 Å². The third-order valence-electron chi connectivity index (χ3n) is 4.63. The van der Waals surface area contributed by atoms with Crippen LogP contribution in [0.5, 0.6) is 5.75 Å². The van der Waals surface area contributed by atoms with Crippen LogP contribution in [0.4, 0.5) is 0 Å². The highest BCUT2D eigenvalue weighted by Crippen LogP contribution is 2.59. The zero-order valence-electron chi connectivity index (χ0n) is 9.99. The minimum atomic E-state index is 0.422. The van der Waals surface area contributed by atoms with Crippen LogP contribution in [-0.4, -0.2) is 20.2 Å². The van der Waals surface area contributed by atoms with E-state index in [0.29, 0.717) is 11.5 Å². The fraction of sp³-hybridized carbons (Fsp3) is 0.571. The molecule has 1 aromatic carbocycles. The lowest BCUT2D eigenvalue weighted by Crippen LogP contribution is -2.55. The number of ether oxygens (including phenoxy) is 1. The monoisotopic (exact) mass is 217 g/mol. The van der Waals surface area contributed by atoms with E-state index in [1.54, 1.807) is 7.11 Å². The van der Waals surface area contributed by atoms with E-state index in [4.69, 9.17) is 4.74 Å². The van der Waals surface area contributed by atoms with Crippen molar-refractivity contribution in [2.45, 2.75) is 30.7 Å². The molecule has 0 aromatic heterocycles. The van der Waals surface area contributed by atoms with Gasteiger partial charge in [0.15, 0.2) is 0 Å². The molecule has 2 heteroatoms. The molecule has 1 aromatic rings. The first-order valence-corrected chi connectivity index (χ1v) is 6.12. The normalized spacial score (nSPS) is 35.9. The molecule has 4 rings (SSSR count). The van der Waals surface area contributed by atoms with Crippen molar-refractivity contribution < 1.29 is 4.74 Å². The summed E-state index contributed by atoms with van der Waals surface area (Å²) < 4.78 is 5.22. The summed E-state index contributed by atoms with van der Waals surface area (Å²) in [4.78, 5) is 0. The summed E-state index contributed by atoms with van der Waals surface area (Å²) in [6, 6.07) is 9.35. The molecule has 2 bridgehead atoms. The molecule has 0 radical (unpaired) electrons. The zero-order chi connectivity index (χ0) is 11.2. The van der Waals surface area contributed by atoms with Gasteiger partial charge in [0.25, 0.3) is 0 Å². The molecule has 0 spiro atoms. The first-order valence-electron chi connectivity index (χ1n) is 6.12. The first kappa shape index (κ1) is 10.2. The topological polar surface area (TPSA) is 21.3 Å². The SMILES string of the molecule is CNC1C2CCC1(c1ccc(OC)cc1)C2. The average Bonchev–Trinajstić information content (AvgIpc) is 2.89. The second kappa shape index (κ2) is 3.49. The number of fused-ring (bicyclic) bond motifs is 1. The van der Waals surface area contributed by atoms with Crippen LogP contribution in [-0.2, 0) is 5.41 Å². The van der Waals surface area contributed by atoms with Crippen LogP contribution in [0, 0.1) is 5.92 Å². The molecule has 3 atom stereocenters. The highest BCUT2D eigenvalue weighted by atomic mass is 16.5. The van der Waals surface area contributed by atoms with Crippen LogP contribution in [0.15, 0.2) is 24.3 Å².